The first-order valence-electron chi connectivity index (χ1n) is 3.40. The van der Waals surface area contributed by atoms with E-state index >= 15 is 0 Å². The van der Waals surface area contributed by atoms with E-state index in [1.165, 1.54) is 12.8 Å². The molecule has 0 aliphatic heterocycles. The van der Waals surface area contributed by atoms with Gasteiger partial charge in [0.05, 0.1) is 6.07 Å². The molecule has 2 N–H and O–H groups in total. The molecule has 2 nitrogen and oxygen atoms in total. The summed E-state index contributed by atoms with van der Waals surface area (Å²) in [5.74, 6) is 0. The van der Waals surface area contributed by atoms with Gasteiger partial charge in [-0.1, -0.05) is 0 Å². The maximum Gasteiger partial charge on any atom is 0.0627 e. The van der Waals surface area contributed by atoms with Crippen molar-refractivity contribution in [1.82, 2.24) is 0 Å². The summed E-state index contributed by atoms with van der Waals surface area (Å²) in [6.45, 7) is 0.738. The van der Waals surface area contributed by atoms with Gasteiger partial charge in [0.2, 0.25) is 0 Å². The zero-order valence-electron chi connectivity index (χ0n) is 5.56. The maximum absolute atomic E-state index is 8.38. The van der Waals surface area contributed by atoms with Crippen LogP contribution in [0.15, 0.2) is 0 Å². The number of nitrogens with zero attached hydrogens (tertiary/aromatic N) is 1. The lowest BCUT2D eigenvalue weighted by atomic mass is 9.99. The van der Waals surface area contributed by atoms with Crippen LogP contribution in [0.5, 0.6) is 0 Å². The lowest BCUT2D eigenvalue weighted by Gasteiger charge is -2.06. The molecule has 0 aromatic carbocycles. The van der Waals surface area contributed by atoms with E-state index in [1.807, 2.05) is 0 Å². The van der Waals surface area contributed by atoms with Crippen LogP contribution in [0.4, 0.5) is 0 Å². The van der Waals surface area contributed by atoms with E-state index in [0.717, 1.165) is 13.0 Å². The van der Waals surface area contributed by atoms with Gasteiger partial charge in [-0.3, -0.25) is 0 Å². The predicted molar refractivity (Wildman–Crippen MR) is 35.6 cm³/mol. The fraction of sp³-hybridized carbons (Fsp3) is 0.857. The summed E-state index contributed by atoms with van der Waals surface area (Å²) >= 11 is 0. The molecule has 1 fully saturated rings. The van der Waals surface area contributed by atoms with Crippen LogP contribution in [-0.4, -0.2) is 6.54 Å². The van der Waals surface area contributed by atoms with Crippen molar-refractivity contribution in [3.8, 4) is 6.07 Å². The van der Waals surface area contributed by atoms with Crippen molar-refractivity contribution in [3.63, 3.8) is 0 Å². The third-order valence-electron chi connectivity index (χ3n) is 2.09. The zero-order chi connectivity index (χ0) is 6.74. The van der Waals surface area contributed by atoms with E-state index in [1.54, 1.807) is 0 Å². The molecule has 0 saturated heterocycles. The minimum atomic E-state index is 0.365. The van der Waals surface area contributed by atoms with E-state index in [0.29, 0.717) is 11.8 Å². The minimum absolute atomic E-state index is 0.365. The number of nitriles is 1. The SMILES string of the molecule is N#CCC1(CCN)CC1. The Morgan fingerprint density at radius 2 is 2.22 bits per heavy atom. The zero-order valence-corrected chi connectivity index (χ0v) is 5.56. The normalized spacial score (nSPS) is 20.9. The van der Waals surface area contributed by atoms with E-state index in [9.17, 15) is 0 Å². The molecular weight excluding hydrogens is 112 g/mol. The molecule has 1 saturated carbocycles. The van der Waals surface area contributed by atoms with Gasteiger partial charge in [0, 0.05) is 6.42 Å². The molecule has 0 atom stereocenters. The van der Waals surface area contributed by atoms with Gasteiger partial charge in [-0.15, -0.1) is 0 Å². The minimum Gasteiger partial charge on any atom is -0.330 e. The first-order valence-corrected chi connectivity index (χ1v) is 3.40. The van der Waals surface area contributed by atoms with E-state index in [2.05, 4.69) is 6.07 Å². The number of rotatable bonds is 3. The summed E-state index contributed by atoms with van der Waals surface area (Å²) in [5.41, 5.74) is 5.74. The summed E-state index contributed by atoms with van der Waals surface area (Å²) in [7, 11) is 0. The van der Waals surface area contributed by atoms with E-state index in [4.69, 9.17) is 11.0 Å². The van der Waals surface area contributed by atoms with Gasteiger partial charge in [-0.05, 0) is 31.2 Å². The summed E-state index contributed by atoms with van der Waals surface area (Å²) in [4.78, 5) is 0. The molecule has 0 heterocycles. The molecule has 1 aliphatic rings. The van der Waals surface area contributed by atoms with Crippen molar-refractivity contribution in [2.24, 2.45) is 11.1 Å². The molecule has 50 valence electrons. The van der Waals surface area contributed by atoms with Crippen LogP contribution in [0.1, 0.15) is 25.7 Å². The smallest absolute Gasteiger partial charge is 0.0627 e. The fourth-order valence-electron chi connectivity index (χ4n) is 1.17. The molecule has 1 rings (SSSR count). The molecule has 0 radical (unpaired) electrons. The van der Waals surface area contributed by atoms with Gasteiger partial charge in [-0.2, -0.15) is 5.26 Å². The molecule has 2 heteroatoms. The summed E-state index contributed by atoms with van der Waals surface area (Å²) in [5, 5.41) is 8.38. The van der Waals surface area contributed by atoms with Crippen molar-refractivity contribution in [1.29, 1.82) is 5.26 Å². The highest BCUT2D eigenvalue weighted by Gasteiger charge is 2.41. The molecule has 1 aliphatic carbocycles. The van der Waals surface area contributed by atoms with Crippen molar-refractivity contribution in [2.75, 3.05) is 6.54 Å². The second kappa shape index (κ2) is 2.36. The van der Waals surface area contributed by atoms with E-state index in [-0.39, 0.29) is 0 Å². The first-order chi connectivity index (χ1) is 4.33. The predicted octanol–water partition coefficient (Wildman–Crippen LogP) is 1.03. The van der Waals surface area contributed by atoms with Crippen molar-refractivity contribution >= 4 is 0 Å². The van der Waals surface area contributed by atoms with Crippen LogP contribution in [0.2, 0.25) is 0 Å². The molecular formula is C7H12N2. The average molecular weight is 124 g/mol. The van der Waals surface area contributed by atoms with Crippen LogP contribution < -0.4 is 5.73 Å². The van der Waals surface area contributed by atoms with Crippen LogP contribution >= 0.6 is 0 Å². The van der Waals surface area contributed by atoms with Crippen LogP contribution in [0.25, 0.3) is 0 Å². The van der Waals surface area contributed by atoms with Gasteiger partial charge < -0.3 is 5.73 Å². The third-order valence-corrected chi connectivity index (χ3v) is 2.09. The van der Waals surface area contributed by atoms with Gasteiger partial charge in [0.1, 0.15) is 0 Å². The van der Waals surface area contributed by atoms with Gasteiger partial charge in [0.15, 0.2) is 0 Å². The topological polar surface area (TPSA) is 49.8 Å². The second-order valence-electron chi connectivity index (χ2n) is 2.87. The molecule has 9 heavy (non-hydrogen) atoms. The van der Waals surface area contributed by atoms with Crippen molar-refractivity contribution in [3.05, 3.63) is 0 Å². The highest BCUT2D eigenvalue weighted by molar-refractivity contribution is 4.99. The number of hydrogen-bond acceptors (Lipinski definition) is 2. The maximum atomic E-state index is 8.38. The van der Waals surface area contributed by atoms with Gasteiger partial charge in [-0.25, -0.2) is 0 Å². The second-order valence-corrected chi connectivity index (χ2v) is 2.87. The monoisotopic (exact) mass is 124 g/mol. The highest BCUT2D eigenvalue weighted by atomic mass is 14.6. The Labute approximate surface area is 55.7 Å². The lowest BCUT2D eigenvalue weighted by molar-refractivity contribution is 0.485. The lowest BCUT2D eigenvalue weighted by Crippen LogP contribution is -2.08. The quantitative estimate of drug-likeness (QED) is 0.610. The Balaban J connectivity index is 2.27. The van der Waals surface area contributed by atoms with Crippen LogP contribution in [0.3, 0.4) is 0 Å². The average Bonchev–Trinajstić information content (AvgIpc) is 2.51. The Kier molecular flexibility index (Phi) is 1.73. The van der Waals surface area contributed by atoms with Crippen LogP contribution in [0, 0.1) is 16.7 Å². The Hall–Kier alpha value is -0.550. The Morgan fingerprint density at radius 1 is 1.56 bits per heavy atom. The summed E-state index contributed by atoms with van der Waals surface area (Å²) in [6.07, 6.45) is 4.19. The Bertz CT molecular complexity index is 130. The molecule has 0 spiro atoms. The molecule has 0 bridgehead atoms. The highest BCUT2D eigenvalue weighted by Crippen LogP contribution is 2.51. The van der Waals surface area contributed by atoms with Crippen LogP contribution in [-0.2, 0) is 0 Å². The standard InChI is InChI=1S/C7H12N2/c8-5-3-7(1-2-7)4-6-9/h1-5,8H2. The Morgan fingerprint density at radius 3 is 2.56 bits per heavy atom. The largest absolute Gasteiger partial charge is 0.330 e. The first kappa shape index (κ1) is 6.57. The summed E-state index contributed by atoms with van der Waals surface area (Å²) < 4.78 is 0. The summed E-state index contributed by atoms with van der Waals surface area (Å²) in [6, 6.07) is 2.20. The van der Waals surface area contributed by atoms with Gasteiger partial charge in [0.25, 0.3) is 0 Å². The fourth-order valence-corrected chi connectivity index (χ4v) is 1.17. The number of hydrogen-bond donors (Lipinski definition) is 1. The van der Waals surface area contributed by atoms with E-state index < -0.39 is 0 Å². The third kappa shape index (κ3) is 1.43. The van der Waals surface area contributed by atoms with Crippen molar-refractivity contribution < 1.29 is 0 Å². The molecule has 0 unspecified atom stereocenters. The molecule has 0 aromatic rings. The number of nitrogens with two attached hydrogens (primary N) is 1. The van der Waals surface area contributed by atoms with Gasteiger partial charge >= 0.3 is 0 Å². The van der Waals surface area contributed by atoms with Crippen molar-refractivity contribution in [2.45, 2.75) is 25.7 Å². The molecule has 0 amide bonds. The molecule has 0 aromatic heterocycles.